The van der Waals surface area contributed by atoms with E-state index in [4.69, 9.17) is 4.74 Å². The van der Waals surface area contributed by atoms with Crippen LogP contribution in [0.2, 0.25) is 0 Å². The Bertz CT molecular complexity index is 406. The Morgan fingerprint density at radius 2 is 2.05 bits per heavy atom. The van der Waals surface area contributed by atoms with Crippen molar-refractivity contribution in [3.05, 3.63) is 35.9 Å². The highest BCUT2D eigenvalue weighted by molar-refractivity contribution is 5.85. The van der Waals surface area contributed by atoms with Gasteiger partial charge in [-0.15, -0.1) is 12.4 Å². The van der Waals surface area contributed by atoms with Crippen molar-refractivity contribution in [1.82, 2.24) is 5.32 Å². The number of ether oxygens (including phenoxy) is 1. The van der Waals surface area contributed by atoms with E-state index in [1.165, 1.54) is 0 Å². The monoisotopic (exact) mass is 283 g/mol. The number of rotatable bonds is 3. The first kappa shape index (κ1) is 16.0. The van der Waals surface area contributed by atoms with E-state index in [-0.39, 0.29) is 29.7 Å². The second kappa shape index (κ2) is 6.92. The minimum absolute atomic E-state index is 0. The average molecular weight is 284 g/mol. The number of hydrogen-bond acceptors (Lipinski definition) is 3. The lowest BCUT2D eigenvalue weighted by molar-refractivity contribution is -0.155. The SMILES string of the molecule is CC1(C)CNCCC1C(=O)OCc1ccccc1.Cl. The van der Waals surface area contributed by atoms with Gasteiger partial charge >= 0.3 is 5.97 Å². The Hall–Kier alpha value is -1.06. The maximum Gasteiger partial charge on any atom is 0.309 e. The molecule has 0 amide bonds. The van der Waals surface area contributed by atoms with E-state index >= 15 is 0 Å². The van der Waals surface area contributed by atoms with Crippen molar-refractivity contribution in [2.45, 2.75) is 26.9 Å². The lowest BCUT2D eigenvalue weighted by Crippen LogP contribution is -2.46. The maximum atomic E-state index is 12.1. The van der Waals surface area contributed by atoms with E-state index in [0.717, 1.165) is 25.1 Å². The van der Waals surface area contributed by atoms with E-state index in [1.54, 1.807) is 0 Å². The lowest BCUT2D eigenvalue weighted by Gasteiger charge is -2.37. The summed E-state index contributed by atoms with van der Waals surface area (Å²) in [5.41, 5.74) is 1.02. The first-order valence-electron chi connectivity index (χ1n) is 6.51. The molecule has 2 rings (SSSR count). The van der Waals surface area contributed by atoms with Crippen LogP contribution < -0.4 is 5.32 Å². The quantitative estimate of drug-likeness (QED) is 0.867. The standard InChI is InChI=1S/C15H21NO2.ClH/c1-15(2)11-16-9-8-13(15)14(17)18-10-12-6-4-3-5-7-12;/h3-7,13,16H,8-11H2,1-2H3;1H. The fourth-order valence-corrected chi connectivity index (χ4v) is 2.44. The molecule has 106 valence electrons. The van der Waals surface area contributed by atoms with Gasteiger partial charge in [0.15, 0.2) is 0 Å². The molecular formula is C15H22ClNO2. The zero-order valence-corrected chi connectivity index (χ0v) is 12.3. The molecule has 0 radical (unpaired) electrons. The largest absolute Gasteiger partial charge is 0.461 e. The minimum Gasteiger partial charge on any atom is -0.461 e. The molecule has 3 nitrogen and oxygen atoms in total. The van der Waals surface area contributed by atoms with Gasteiger partial charge in [0.25, 0.3) is 0 Å². The Kier molecular flexibility index (Phi) is 5.83. The predicted octanol–water partition coefficient (Wildman–Crippen LogP) is 2.79. The zero-order valence-electron chi connectivity index (χ0n) is 11.5. The number of benzene rings is 1. The lowest BCUT2D eigenvalue weighted by atomic mass is 9.74. The summed E-state index contributed by atoms with van der Waals surface area (Å²) in [6, 6.07) is 9.82. The van der Waals surface area contributed by atoms with Crippen LogP contribution in [0, 0.1) is 11.3 Å². The van der Waals surface area contributed by atoms with Crippen molar-refractivity contribution in [3.63, 3.8) is 0 Å². The fourth-order valence-electron chi connectivity index (χ4n) is 2.44. The van der Waals surface area contributed by atoms with Gasteiger partial charge < -0.3 is 10.1 Å². The molecule has 1 fully saturated rings. The second-order valence-corrected chi connectivity index (χ2v) is 5.60. The van der Waals surface area contributed by atoms with Gasteiger partial charge in [0, 0.05) is 6.54 Å². The highest BCUT2D eigenvalue weighted by atomic mass is 35.5. The van der Waals surface area contributed by atoms with Crippen molar-refractivity contribution in [3.8, 4) is 0 Å². The van der Waals surface area contributed by atoms with Gasteiger partial charge in [-0.1, -0.05) is 44.2 Å². The van der Waals surface area contributed by atoms with Crippen LogP contribution in [0.5, 0.6) is 0 Å². The zero-order chi connectivity index (χ0) is 13.0. The van der Waals surface area contributed by atoms with Crippen molar-refractivity contribution in [2.24, 2.45) is 11.3 Å². The first-order valence-corrected chi connectivity index (χ1v) is 6.51. The summed E-state index contributed by atoms with van der Waals surface area (Å²) in [5.74, 6) is -0.0622. The highest BCUT2D eigenvalue weighted by Crippen LogP contribution is 2.32. The van der Waals surface area contributed by atoms with E-state index in [1.807, 2.05) is 30.3 Å². The Morgan fingerprint density at radius 3 is 2.68 bits per heavy atom. The summed E-state index contributed by atoms with van der Waals surface area (Å²) in [5, 5.41) is 3.33. The van der Waals surface area contributed by atoms with Gasteiger partial charge in [0.05, 0.1) is 5.92 Å². The molecule has 1 aromatic carbocycles. The van der Waals surface area contributed by atoms with Crippen LogP contribution in [0.25, 0.3) is 0 Å². The molecule has 1 saturated heterocycles. The van der Waals surface area contributed by atoms with Gasteiger partial charge in [-0.3, -0.25) is 4.79 Å². The summed E-state index contributed by atoms with van der Waals surface area (Å²) in [4.78, 5) is 12.1. The summed E-state index contributed by atoms with van der Waals surface area (Å²) in [6.45, 7) is 6.38. The molecule has 19 heavy (non-hydrogen) atoms. The minimum atomic E-state index is -0.0645. The number of hydrogen-bond donors (Lipinski definition) is 1. The van der Waals surface area contributed by atoms with Crippen molar-refractivity contribution < 1.29 is 9.53 Å². The molecule has 4 heteroatoms. The topological polar surface area (TPSA) is 38.3 Å². The van der Waals surface area contributed by atoms with Gasteiger partial charge in [0.1, 0.15) is 6.61 Å². The van der Waals surface area contributed by atoms with Crippen LogP contribution in [0.1, 0.15) is 25.8 Å². The number of piperidine rings is 1. The Labute approximate surface area is 121 Å². The van der Waals surface area contributed by atoms with E-state index in [2.05, 4.69) is 19.2 Å². The smallest absolute Gasteiger partial charge is 0.309 e. The molecule has 0 aromatic heterocycles. The Balaban J connectivity index is 0.00000180. The summed E-state index contributed by atoms with van der Waals surface area (Å²) in [7, 11) is 0. The highest BCUT2D eigenvalue weighted by Gasteiger charge is 2.38. The first-order chi connectivity index (χ1) is 8.59. The molecule has 1 aromatic rings. The van der Waals surface area contributed by atoms with E-state index in [9.17, 15) is 4.79 Å². The van der Waals surface area contributed by atoms with Crippen molar-refractivity contribution >= 4 is 18.4 Å². The van der Waals surface area contributed by atoms with Crippen molar-refractivity contribution in [1.29, 1.82) is 0 Å². The predicted molar refractivity (Wildman–Crippen MR) is 78.2 cm³/mol. The molecule has 0 spiro atoms. The normalized spacial score (nSPS) is 21.3. The molecule has 1 heterocycles. The molecular weight excluding hydrogens is 262 g/mol. The van der Waals surface area contributed by atoms with E-state index in [0.29, 0.717) is 6.61 Å². The van der Waals surface area contributed by atoms with Gasteiger partial charge in [-0.25, -0.2) is 0 Å². The number of halogens is 1. The summed E-state index contributed by atoms with van der Waals surface area (Å²) in [6.07, 6.45) is 0.862. The number of esters is 1. The van der Waals surface area contributed by atoms with Crippen LogP contribution in [0.15, 0.2) is 30.3 Å². The van der Waals surface area contributed by atoms with Crippen LogP contribution in [0.4, 0.5) is 0 Å². The third kappa shape index (κ3) is 4.22. The summed E-state index contributed by atoms with van der Waals surface area (Å²) < 4.78 is 5.44. The molecule has 0 saturated carbocycles. The van der Waals surface area contributed by atoms with E-state index < -0.39 is 0 Å². The molecule has 0 bridgehead atoms. The summed E-state index contributed by atoms with van der Waals surface area (Å²) >= 11 is 0. The molecule has 1 aliphatic heterocycles. The number of nitrogens with one attached hydrogen (secondary N) is 1. The molecule has 1 unspecified atom stereocenters. The Morgan fingerprint density at radius 1 is 1.37 bits per heavy atom. The molecule has 1 atom stereocenters. The third-order valence-corrected chi connectivity index (χ3v) is 3.64. The van der Waals surface area contributed by atoms with Gasteiger partial charge in [0.2, 0.25) is 0 Å². The second-order valence-electron chi connectivity index (χ2n) is 5.60. The third-order valence-electron chi connectivity index (χ3n) is 3.64. The molecule has 1 aliphatic rings. The van der Waals surface area contributed by atoms with Crippen LogP contribution in [-0.4, -0.2) is 19.1 Å². The van der Waals surface area contributed by atoms with Crippen LogP contribution in [-0.2, 0) is 16.1 Å². The maximum absolute atomic E-state index is 12.1. The van der Waals surface area contributed by atoms with Crippen LogP contribution in [0.3, 0.4) is 0 Å². The average Bonchev–Trinajstić information content (AvgIpc) is 2.37. The fraction of sp³-hybridized carbons (Fsp3) is 0.533. The molecule has 1 N–H and O–H groups in total. The van der Waals surface area contributed by atoms with Crippen LogP contribution >= 0.6 is 12.4 Å². The van der Waals surface area contributed by atoms with Gasteiger partial charge in [-0.05, 0) is 23.9 Å². The van der Waals surface area contributed by atoms with Gasteiger partial charge in [-0.2, -0.15) is 0 Å². The number of carbonyl (C=O) groups is 1. The number of carbonyl (C=O) groups excluding carboxylic acids is 1. The molecule has 0 aliphatic carbocycles. The van der Waals surface area contributed by atoms with Crippen molar-refractivity contribution in [2.75, 3.05) is 13.1 Å².